The van der Waals surface area contributed by atoms with Crippen molar-refractivity contribution in [1.82, 2.24) is 40.4 Å². The molecule has 6 fully saturated rings. The number of hydrogen-bond donors (Lipinski definition) is 4. The van der Waals surface area contributed by atoms with Gasteiger partial charge in [-0.3, -0.25) is 0 Å². The molecule has 0 aliphatic carbocycles. The molecule has 6 saturated heterocycles. The Labute approximate surface area is 443 Å². The first kappa shape index (κ1) is 53.7. The Morgan fingerprint density at radius 1 is 0.500 bits per heavy atom. The lowest BCUT2D eigenvalue weighted by molar-refractivity contribution is 0.170. The summed E-state index contributed by atoms with van der Waals surface area (Å²) < 4.78 is 11.6. The molecule has 6 aliphatic heterocycles. The largest absolute Gasteiger partial charge is 0.495 e. The minimum atomic E-state index is 0.0511. The van der Waals surface area contributed by atoms with E-state index in [2.05, 4.69) is 144 Å². The highest BCUT2D eigenvalue weighted by Gasteiger charge is 2.39. The Morgan fingerprint density at radius 3 is 1.18 bits per heavy atom. The summed E-state index contributed by atoms with van der Waals surface area (Å²) in [7, 11) is 3.45. The van der Waals surface area contributed by atoms with E-state index in [9.17, 15) is 0 Å². The molecule has 0 bridgehead atoms. The standard InChI is InChI=1S/2C30H44N6O/c2*1-29(2)20-23(21-30(3,4)34-29)31-27-24-19-26(37-5)22(12-6-7-13-35-14-8-9-15-35)18-25(24)32-28(33-27)36-16-10-11-17-36/h2*18-19,23,34H,7-11,13-17,20-21H2,1-5H3,(H,31,32,33). The predicted octanol–water partition coefficient (Wildman–Crippen LogP) is 9.59. The van der Waals surface area contributed by atoms with E-state index in [1.165, 1.54) is 77.5 Å². The van der Waals surface area contributed by atoms with Crippen LogP contribution >= 0.6 is 0 Å². The number of nitrogens with zero attached hydrogens (tertiary/aromatic N) is 8. The van der Waals surface area contributed by atoms with Gasteiger partial charge in [-0.2, -0.15) is 9.97 Å². The predicted molar refractivity (Wildman–Crippen MR) is 305 cm³/mol. The van der Waals surface area contributed by atoms with Crippen molar-refractivity contribution in [2.45, 2.75) is 180 Å². The minimum Gasteiger partial charge on any atom is -0.495 e. The fraction of sp³-hybridized carbons (Fsp3) is 0.667. The van der Waals surface area contributed by atoms with Gasteiger partial charge in [0.25, 0.3) is 0 Å². The zero-order valence-corrected chi connectivity index (χ0v) is 46.8. The number of benzene rings is 2. The third-order valence-electron chi connectivity index (χ3n) is 15.8. The maximum atomic E-state index is 5.81. The van der Waals surface area contributed by atoms with Gasteiger partial charge in [0.15, 0.2) is 0 Å². The number of methoxy groups -OCH3 is 2. The fourth-order valence-corrected chi connectivity index (χ4v) is 13.1. The topological polar surface area (TPSA) is 131 Å². The first-order chi connectivity index (χ1) is 35.4. The quantitative estimate of drug-likeness (QED) is 0.101. The van der Waals surface area contributed by atoms with E-state index in [1.807, 2.05) is 0 Å². The first-order valence-electron chi connectivity index (χ1n) is 28.3. The molecule has 2 aromatic carbocycles. The summed E-state index contributed by atoms with van der Waals surface area (Å²) in [6.07, 6.45) is 15.9. The zero-order valence-electron chi connectivity index (χ0n) is 46.8. The van der Waals surface area contributed by atoms with Crippen LogP contribution in [0.3, 0.4) is 0 Å². The molecular weight excluding hydrogens is 921 g/mol. The number of piperidine rings is 2. The maximum Gasteiger partial charge on any atom is 0.227 e. The van der Waals surface area contributed by atoms with Crippen LogP contribution in [-0.4, -0.2) is 144 Å². The third-order valence-corrected chi connectivity index (χ3v) is 15.8. The summed E-state index contributed by atoms with van der Waals surface area (Å²) in [4.78, 5) is 29.8. The molecule has 0 radical (unpaired) electrons. The van der Waals surface area contributed by atoms with E-state index in [0.29, 0.717) is 12.1 Å². The lowest BCUT2D eigenvalue weighted by Gasteiger charge is -2.46. The molecule has 0 unspecified atom stereocenters. The van der Waals surface area contributed by atoms with Crippen molar-refractivity contribution in [2.24, 2.45) is 0 Å². The molecule has 8 heterocycles. The summed E-state index contributed by atoms with van der Waals surface area (Å²) in [5, 5.41) is 17.2. The zero-order chi connectivity index (χ0) is 52.1. The van der Waals surface area contributed by atoms with E-state index in [1.54, 1.807) is 14.2 Å². The molecule has 6 aliphatic rings. The number of ether oxygens (including phenoxy) is 2. The van der Waals surface area contributed by atoms with Gasteiger partial charge in [0.05, 0.1) is 36.4 Å². The number of likely N-dealkylation sites (tertiary alicyclic amines) is 2. The van der Waals surface area contributed by atoms with Crippen LogP contribution in [0.25, 0.3) is 21.8 Å². The van der Waals surface area contributed by atoms with Gasteiger partial charge in [-0.15, -0.1) is 0 Å². The Kier molecular flexibility index (Phi) is 16.7. The molecule has 0 saturated carbocycles. The molecular formula is C60H88N12O2. The van der Waals surface area contributed by atoms with Crippen LogP contribution in [0.2, 0.25) is 0 Å². The van der Waals surface area contributed by atoms with Crippen molar-refractivity contribution in [1.29, 1.82) is 0 Å². The molecule has 14 nitrogen and oxygen atoms in total. The van der Waals surface area contributed by atoms with Crippen LogP contribution in [0, 0.1) is 23.7 Å². The van der Waals surface area contributed by atoms with E-state index in [-0.39, 0.29) is 22.2 Å². The van der Waals surface area contributed by atoms with Crippen molar-refractivity contribution in [3.05, 3.63) is 35.4 Å². The second kappa shape index (κ2) is 23.0. The van der Waals surface area contributed by atoms with Crippen LogP contribution < -0.4 is 40.5 Å². The number of hydrogen-bond acceptors (Lipinski definition) is 14. The van der Waals surface area contributed by atoms with Crippen molar-refractivity contribution in [3.8, 4) is 35.2 Å². The molecule has 4 N–H and O–H groups in total. The van der Waals surface area contributed by atoms with Crippen molar-refractivity contribution in [3.63, 3.8) is 0 Å². The molecule has 0 spiro atoms. The second-order valence-corrected chi connectivity index (χ2v) is 24.8. The number of nitrogens with one attached hydrogen (secondary N) is 4. The molecule has 2 aromatic heterocycles. The summed E-state index contributed by atoms with van der Waals surface area (Å²) >= 11 is 0. The van der Waals surface area contributed by atoms with Gasteiger partial charge in [0, 0.05) is 97.1 Å². The summed E-state index contributed by atoms with van der Waals surface area (Å²) in [5.41, 5.74) is 3.86. The molecule has 0 amide bonds. The third kappa shape index (κ3) is 13.8. The van der Waals surface area contributed by atoms with Crippen molar-refractivity contribution in [2.75, 3.05) is 100 Å². The summed E-state index contributed by atoms with van der Waals surface area (Å²) in [6.45, 7) is 29.2. The van der Waals surface area contributed by atoms with Gasteiger partial charge >= 0.3 is 0 Å². The SMILES string of the molecule is COc1cc2c(NC3CC(C)(C)NC(C)(C)C3)nc(N3CCCC3)nc2cc1C#CCCN1CCCC1.COc1cc2c(NC3CC(C)(C)NC(C)(C)C3)nc(N3CCCC3)nc2cc1C#CCCN1CCCC1. The molecule has 4 aromatic rings. The number of rotatable bonds is 12. The molecule has 74 heavy (non-hydrogen) atoms. The van der Waals surface area contributed by atoms with Gasteiger partial charge in [0.2, 0.25) is 11.9 Å². The number of anilines is 4. The van der Waals surface area contributed by atoms with E-state index < -0.39 is 0 Å². The number of aromatic nitrogens is 4. The Morgan fingerprint density at radius 2 is 0.838 bits per heavy atom. The molecule has 14 heteroatoms. The van der Waals surface area contributed by atoms with Gasteiger partial charge in [-0.25, -0.2) is 9.97 Å². The average molecular weight is 1010 g/mol. The minimum absolute atomic E-state index is 0.0511. The lowest BCUT2D eigenvalue weighted by atomic mass is 9.79. The first-order valence-corrected chi connectivity index (χ1v) is 28.3. The van der Waals surface area contributed by atoms with Gasteiger partial charge in [-0.1, -0.05) is 23.7 Å². The van der Waals surface area contributed by atoms with Crippen molar-refractivity contribution < 1.29 is 9.47 Å². The van der Waals surface area contributed by atoms with E-state index >= 15 is 0 Å². The van der Waals surface area contributed by atoms with Crippen LogP contribution in [0.5, 0.6) is 11.5 Å². The molecule has 10 rings (SSSR count). The maximum absolute atomic E-state index is 5.81. The van der Waals surface area contributed by atoms with Crippen LogP contribution in [0.15, 0.2) is 24.3 Å². The normalized spacial score (nSPS) is 21.7. The highest BCUT2D eigenvalue weighted by molar-refractivity contribution is 5.94. The Balaban J connectivity index is 0.000000182. The van der Waals surface area contributed by atoms with Gasteiger partial charge in [-0.05, 0) is 183 Å². The smallest absolute Gasteiger partial charge is 0.227 e. The Bertz CT molecular complexity index is 2490. The summed E-state index contributed by atoms with van der Waals surface area (Å²) in [5.74, 6) is 18.6. The van der Waals surface area contributed by atoms with Gasteiger partial charge in [0.1, 0.15) is 23.1 Å². The second-order valence-electron chi connectivity index (χ2n) is 24.8. The Hall–Kier alpha value is -5.12. The average Bonchev–Trinajstić information content (AvgIpc) is 4.20. The number of fused-ring (bicyclic) bond motifs is 2. The van der Waals surface area contributed by atoms with Crippen LogP contribution in [-0.2, 0) is 0 Å². The van der Waals surface area contributed by atoms with Crippen LogP contribution in [0.4, 0.5) is 23.5 Å². The lowest BCUT2D eigenvalue weighted by Crippen LogP contribution is -2.60. The van der Waals surface area contributed by atoms with Crippen LogP contribution in [0.1, 0.15) is 156 Å². The fourth-order valence-electron chi connectivity index (χ4n) is 13.1. The molecule has 400 valence electrons. The van der Waals surface area contributed by atoms with E-state index in [4.69, 9.17) is 29.4 Å². The highest BCUT2D eigenvalue weighted by Crippen LogP contribution is 2.37. The summed E-state index contributed by atoms with van der Waals surface area (Å²) in [6, 6.07) is 8.97. The van der Waals surface area contributed by atoms with Crippen molar-refractivity contribution >= 4 is 45.3 Å². The van der Waals surface area contributed by atoms with Gasteiger partial charge < -0.3 is 50.3 Å². The highest BCUT2D eigenvalue weighted by atomic mass is 16.5. The van der Waals surface area contributed by atoms with E-state index in [0.717, 1.165) is 146 Å². The molecule has 0 atom stereocenters. The monoisotopic (exact) mass is 1010 g/mol.